The van der Waals surface area contributed by atoms with Crippen LogP contribution in [0.2, 0.25) is 0 Å². The molecule has 0 aliphatic carbocycles. The Morgan fingerprint density at radius 2 is 1.95 bits per heavy atom. The van der Waals surface area contributed by atoms with Crippen LogP contribution in [0.15, 0.2) is 29.2 Å². The van der Waals surface area contributed by atoms with E-state index in [4.69, 9.17) is 4.74 Å². The number of likely N-dealkylation sites (N-methyl/N-ethyl adjacent to an activating group) is 1. The normalized spacial score (nSPS) is 12.5. The van der Waals surface area contributed by atoms with Crippen LogP contribution < -0.4 is 0 Å². The molecule has 0 saturated carbocycles. The molecule has 1 aromatic carbocycles. The van der Waals surface area contributed by atoms with Crippen LogP contribution in [0.4, 0.5) is 4.39 Å². The molecule has 0 fully saturated rings. The van der Waals surface area contributed by atoms with E-state index in [2.05, 4.69) is 0 Å². The highest BCUT2D eigenvalue weighted by molar-refractivity contribution is 7.89. The molecule has 112 valence electrons. The van der Waals surface area contributed by atoms with E-state index in [9.17, 15) is 17.6 Å². The highest BCUT2D eigenvalue weighted by atomic mass is 32.2. The van der Waals surface area contributed by atoms with Gasteiger partial charge >= 0.3 is 5.97 Å². The summed E-state index contributed by atoms with van der Waals surface area (Å²) in [5.41, 5.74) is -0.694. The summed E-state index contributed by atoms with van der Waals surface area (Å²) in [5.74, 6) is -1.32. The Bertz CT molecular complexity index is 593. The second kappa shape index (κ2) is 5.88. The van der Waals surface area contributed by atoms with Crippen molar-refractivity contribution < 1.29 is 22.3 Å². The predicted molar refractivity (Wildman–Crippen MR) is 72.1 cm³/mol. The molecule has 20 heavy (non-hydrogen) atoms. The quantitative estimate of drug-likeness (QED) is 0.796. The summed E-state index contributed by atoms with van der Waals surface area (Å²) in [7, 11) is -2.68. The highest BCUT2D eigenvalue weighted by Crippen LogP contribution is 2.16. The van der Waals surface area contributed by atoms with E-state index in [1.807, 2.05) is 0 Å². The van der Waals surface area contributed by atoms with Crippen molar-refractivity contribution in [1.29, 1.82) is 0 Å². The van der Waals surface area contributed by atoms with Crippen molar-refractivity contribution in [2.75, 3.05) is 13.6 Å². The molecule has 0 radical (unpaired) electrons. The maximum atomic E-state index is 13.1. The summed E-state index contributed by atoms with van der Waals surface area (Å²) in [4.78, 5) is 11.4. The van der Waals surface area contributed by atoms with Crippen LogP contribution in [0.1, 0.15) is 20.8 Å². The van der Waals surface area contributed by atoms with Crippen molar-refractivity contribution in [3.8, 4) is 0 Å². The molecule has 0 aliphatic rings. The molecule has 7 heteroatoms. The molecule has 0 unspecified atom stereocenters. The van der Waals surface area contributed by atoms with Gasteiger partial charge in [-0.3, -0.25) is 4.79 Å². The molecule has 0 bridgehead atoms. The number of nitrogens with zero attached hydrogens (tertiary/aromatic N) is 1. The third-order valence-electron chi connectivity index (χ3n) is 2.28. The van der Waals surface area contributed by atoms with Gasteiger partial charge in [0.25, 0.3) is 0 Å². The standard InChI is InChI=1S/C13H18FNO4S/c1-13(2,3)19-12(16)9-15(4)20(17,18)11-7-5-6-10(14)8-11/h5-8H,9H2,1-4H3. The molecule has 0 saturated heterocycles. The zero-order valence-corrected chi connectivity index (χ0v) is 12.7. The van der Waals surface area contributed by atoms with Gasteiger partial charge in [0.1, 0.15) is 18.0 Å². The first kappa shape index (κ1) is 16.6. The Morgan fingerprint density at radius 1 is 1.35 bits per heavy atom. The van der Waals surface area contributed by atoms with Gasteiger partial charge in [-0.05, 0) is 39.0 Å². The fourth-order valence-corrected chi connectivity index (χ4v) is 2.60. The predicted octanol–water partition coefficient (Wildman–Crippen LogP) is 1.79. The number of hydrogen-bond donors (Lipinski definition) is 0. The van der Waals surface area contributed by atoms with Crippen LogP contribution in [0.5, 0.6) is 0 Å². The van der Waals surface area contributed by atoms with Gasteiger partial charge in [-0.2, -0.15) is 4.31 Å². The summed E-state index contributed by atoms with van der Waals surface area (Å²) >= 11 is 0. The lowest BCUT2D eigenvalue weighted by atomic mass is 10.2. The smallest absolute Gasteiger partial charge is 0.321 e. The van der Waals surface area contributed by atoms with E-state index in [-0.39, 0.29) is 4.90 Å². The zero-order valence-electron chi connectivity index (χ0n) is 11.9. The topological polar surface area (TPSA) is 63.7 Å². The summed E-state index contributed by atoms with van der Waals surface area (Å²) in [6.07, 6.45) is 0. The second-order valence-electron chi connectivity index (χ2n) is 5.30. The molecule has 0 aliphatic heterocycles. The average Bonchev–Trinajstić information content (AvgIpc) is 2.26. The van der Waals surface area contributed by atoms with Gasteiger partial charge in [0.05, 0.1) is 4.90 Å². The summed E-state index contributed by atoms with van der Waals surface area (Å²) in [5, 5.41) is 0. The number of esters is 1. The average molecular weight is 303 g/mol. The van der Waals surface area contributed by atoms with Crippen molar-refractivity contribution in [1.82, 2.24) is 4.31 Å². The number of ether oxygens (including phenoxy) is 1. The van der Waals surface area contributed by atoms with Gasteiger partial charge in [-0.15, -0.1) is 0 Å². The van der Waals surface area contributed by atoms with Gasteiger partial charge in [-0.1, -0.05) is 6.07 Å². The second-order valence-corrected chi connectivity index (χ2v) is 7.35. The van der Waals surface area contributed by atoms with Crippen molar-refractivity contribution in [3.05, 3.63) is 30.1 Å². The fraction of sp³-hybridized carbons (Fsp3) is 0.462. The molecular weight excluding hydrogens is 285 g/mol. The van der Waals surface area contributed by atoms with Crippen LogP contribution >= 0.6 is 0 Å². The Hall–Kier alpha value is -1.47. The third-order valence-corrected chi connectivity index (χ3v) is 4.08. The number of carbonyl (C=O) groups excluding carboxylic acids is 1. The number of sulfonamides is 1. The number of rotatable bonds is 4. The minimum atomic E-state index is -3.92. The van der Waals surface area contributed by atoms with Crippen LogP contribution in [-0.2, 0) is 19.6 Å². The van der Waals surface area contributed by atoms with Gasteiger partial charge < -0.3 is 4.74 Å². The van der Waals surface area contributed by atoms with E-state index >= 15 is 0 Å². The fourth-order valence-electron chi connectivity index (χ4n) is 1.45. The Morgan fingerprint density at radius 3 is 2.45 bits per heavy atom. The van der Waals surface area contributed by atoms with E-state index in [0.29, 0.717) is 0 Å². The van der Waals surface area contributed by atoms with E-state index in [1.54, 1.807) is 20.8 Å². The lowest BCUT2D eigenvalue weighted by molar-refractivity contribution is -0.154. The molecule has 1 aromatic rings. The Labute approximate surface area is 118 Å². The minimum absolute atomic E-state index is 0.205. The maximum absolute atomic E-state index is 13.1. The first-order valence-corrected chi connectivity index (χ1v) is 7.40. The van der Waals surface area contributed by atoms with Gasteiger partial charge in [0, 0.05) is 7.05 Å². The molecular formula is C13H18FNO4S. The molecule has 0 N–H and O–H groups in total. The maximum Gasteiger partial charge on any atom is 0.321 e. The van der Waals surface area contributed by atoms with Crippen LogP contribution in [0.3, 0.4) is 0 Å². The molecule has 0 spiro atoms. The van der Waals surface area contributed by atoms with Crippen LogP contribution in [-0.4, -0.2) is 37.9 Å². The number of carbonyl (C=O) groups is 1. The van der Waals surface area contributed by atoms with Crippen LogP contribution in [0.25, 0.3) is 0 Å². The van der Waals surface area contributed by atoms with Crippen molar-refractivity contribution >= 4 is 16.0 Å². The molecule has 0 heterocycles. The number of benzene rings is 1. The van der Waals surface area contributed by atoms with E-state index in [0.717, 1.165) is 16.4 Å². The molecule has 0 aromatic heterocycles. The van der Waals surface area contributed by atoms with Crippen molar-refractivity contribution in [3.63, 3.8) is 0 Å². The van der Waals surface area contributed by atoms with Gasteiger partial charge in [0.15, 0.2) is 0 Å². The van der Waals surface area contributed by atoms with Crippen molar-refractivity contribution in [2.45, 2.75) is 31.3 Å². The first-order chi connectivity index (χ1) is 9.02. The van der Waals surface area contributed by atoms with Crippen LogP contribution in [0, 0.1) is 5.82 Å². The summed E-state index contributed by atoms with van der Waals surface area (Å²) < 4.78 is 43.2. The Kier molecular flexibility index (Phi) is 4.88. The molecule has 1 rings (SSSR count). The molecule has 0 amide bonds. The highest BCUT2D eigenvalue weighted by Gasteiger charge is 2.25. The lowest BCUT2D eigenvalue weighted by Crippen LogP contribution is -2.36. The Balaban J connectivity index is 2.86. The monoisotopic (exact) mass is 303 g/mol. The molecule has 0 atom stereocenters. The number of hydrogen-bond acceptors (Lipinski definition) is 4. The summed E-state index contributed by atoms with van der Waals surface area (Å²) in [6, 6.07) is 4.61. The third kappa shape index (κ3) is 4.57. The largest absolute Gasteiger partial charge is 0.459 e. The van der Waals surface area contributed by atoms with E-state index in [1.165, 1.54) is 19.2 Å². The first-order valence-electron chi connectivity index (χ1n) is 5.96. The van der Waals surface area contributed by atoms with Crippen molar-refractivity contribution in [2.24, 2.45) is 0 Å². The minimum Gasteiger partial charge on any atom is -0.459 e. The SMILES string of the molecule is CN(CC(=O)OC(C)(C)C)S(=O)(=O)c1cccc(F)c1. The van der Waals surface area contributed by atoms with E-state index < -0.39 is 34.0 Å². The zero-order chi connectivity index (χ0) is 15.6. The van der Waals surface area contributed by atoms with Gasteiger partial charge in [0.2, 0.25) is 10.0 Å². The molecule has 5 nitrogen and oxygen atoms in total. The summed E-state index contributed by atoms with van der Waals surface area (Å²) in [6.45, 7) is 4.63. The number of halogens is 1. The van der Waals surface area contributed by atoms with Gasteiger partial charge in [-0.25, -0.2) is 12.8 Å². The lowest BCUT2D eigenvalue weighted by Gasteiger charge is -2.22.